The quantitative estimate of drug-likeness (QED) is 0.872. The number of halogens is 1. The number of ether oxygens (including phenoxy) is 3. The highest BCUT2D eigenvalue weighted by atomic mass is 35.5. The number of carbonyl (C=O) groups excluding carboxylic acids is 1. The average Bonchev–Trinajstić information content (AvgIpc) is 3.05. The van der Waals surface area contributed by atoms with E-state index in [2.05, 4.69) is 5.32 Å². The summed E-state index contributed by atoms with van der Waals surface area (Å²) in [6.07, 6.45) is 2.92. The fourth-order valence-corrected chi connectivity index (χ4v) is 2.97. The standard InChI is InChI=1S/C16H22ClNO4/c1-4-12(13-6-5-7-22-13)18-16(19)10-8-11(17)15(21-3)14(9-10)20-2/h8-9,12-13H,4-7H2,1-3H3,(H,18,19). The van der Waals surface area contributed by atoms with E-state index in [0.29, 0.717) is 22.1 Å². The van der Waals surface area contributed by atoms with Gasteiger partial charge in [-0.3, -0.25) is 4.79 Å². The van der Waals surface area contributed by atoms with Crippen LogP contribution >= 0.6 is 11.6 Å². The van der Waals surface area contributed by atoms with E-state index in [4.69, 9.17) is 25.8 Å². The summed E-state index contributed by atoms with van der Waals surface area (Å²) in [4.78, 5) is 12.5. The number of rotatable bonds is 6. The first-order valence-corrected chi connectivity index (χ1v) is 7.82. The molecule has 1 heterocycles. The fourth-order valence-electron chi connectivity index (χ4n) is 2.68. The zero-order chi connectivity index (χ0) is 16.1. The Morgan fingerprint density at radius 2 is 2.23 bits per heavy atom. The molecule has 1 amide bonds. The number of methoxy groups -OCH3 is 2. The molecule has 122 valence electrons. The lowest BCUT2D eigenvalue weighted by Gasteiger charge is -2.23. The molecule has 1 N–H and O–H groups in total. The van der Waals surface area contributed by atoms with Gasteiger partial charge in [-0.2, -0.15) is 0 Å². The third-order valence-electron chi connectivity index (χ3n) is 3.87. The van der Waals surface area contributed by atoms with Crippen molar-refractivity contribution in [1.29, 1.82) is 0 Å². The molecule has 5 nitrogen and oxygen atoms in total. The second-order valence-corrected chi connectivity index (χ2v) is 5.64. The summed E-state index contributed by atoms with van der Waals surface area (Å²) in [6.45, 7) is 2.80. The summed E-state index contributed by atoms with van der Waals surface area (Å²) in [5, 5.41) is 3.37. The maximum absolute atomic E-state index is 12.5. The number of nitrogens with one attached hydrogen (secondary N) is 1. The number of amides is 1. The van der Waals surface area contributed by atoms with Gasteiger partial charge < -0.3 is 19.5 Å². The van der Waals surface area contributed by atoms with E-state index in [1.54, 1.807) is 12.1 Å². The van der Waals surface area contributed by atoms with Crippen molar-refractivity contribution in [1.82, 2.24) is 5.32 Å². The Morgan fingerprint density at radius 3 is 2.77 bits per heavy atom. The maximum Gasteiger partial charge on any atom is 0.251 e. The Labute approximate surface area is 135 Å². The van der Waals surface area contributed by atoms with Crippen LogP contribution in [-0.4, -0.2) is 38.9 Å². The summed E-state index contributed by atoms with van der Waals surface area (Å²) in [5.74, 6) is 0.669. The average molecular weight is 328 g/mol. The largest absolute Gasteiger partial charge is 0.493 e. The van der Waals surface area contributed by atoms with Crippen molar-refractivity contribution in [3.63, 3.8) is 0 Å². The van der Waals surface area contributed by atoms with Gasteiger partial charge >= 0.3 is 0 Å². The van der Waals surface area contributed by atoms with Gasteiger partial charge in [-0.15, -0.1) is 0 Å². The van der Waals surface area contributed by atoms with Gasteiger partial charge in [0.2, 0.25) is 0 Å². The van der Waals surface area contributed by atoms with Gasteiger partial charge in [0.15, 0.2) is 11.5 Å². The van der Waals surface area contributed by atoms with E-state index in [1.165, 1.54) is 14.2 Å². The van der Waals surface area contributed by atoms with Gasteiger partial charge in [0.05, 0.1) is 31.4 Å². The molecule has 0 saturated carbocycles. The summed E-state index contributed by atoms with van der Waals surface area (Å²) >= 11 is 6.15. The van der Waals surface area contributed by atoms with Crippen molar-refractivity contribution in [2.24, 2.45) is 0 Å². The lowest BCUT2D eigenvalue weighted by Crippen LogP contribution is -2.42. The number of hydrogen-bond donors (Lipinski definition) is 1. The van der Waals surface area contributed by atoms with Gasteiger partial charge in [0.25, 0.3) is 5.91 Å². The third-order valence-corrected chi connectivity index (χ3v) is 4.15. The molecule has 1 aromatic carbocycles. The van der Waals surface area contributed by atoms with Crippen molar-refractivity contribution >= 4 is 17.5 Å². The third kappa shape index (κ3) is 3.65. The van der Waals surface area contributed by atoms with Gasteiger partial charge in [0, 0.05) is 12.2 Å². The van der Waals surface area contributed by atoms with E-state index >= 15 is 0 Å². The Hall–Kier alpha value is -1.46. The molecular weight excluding hydrogens is 306 g/mol. The lowest BCUT2D eigenvalue weighted by atomic mass is 10.0. The van der Waals surface area contributed by atoms with E-state index in [1.807, 2.05) is 6.92 Å². The van der Waals surface area contributed by atoms with Gasteiger partial charge in [-0.25, -0.2) is 0 Å². The Morgan fingerprint density at radius 1 is 1.45 bits per heavy atom. The number of benzene rings is 1. The second kappa shape index (κ2) is 7.70. The summed E-state index contributed by atoms with van der Waals surface area (Å²) in [6, 6.07) is 3.21. The fraction of sp³-hybridized carbons (Fsp3) is 0.562. The molecule has 1 aliphatic heterocycles. The van der Waals surface area contributed by atoms with Crippen molar-refractivity contribution in [2.45, 2.75) is 38.3 Å². The van der Waals surface area contributed by atoms with Crippen molar-refractivity contribution in [3.8, 4) is 11.5 Å². The molecular formula is C16H22ClNO4. The van der Waals surface area contributed by atoms with E-state index in [-0.39, 0.29) is 18.1 Å². The summed E-state index contributed by atoms with van der Waals surface area (Å²) in [7, 11) is 3.02. The zero-order valence-corrected chi connectivity index (χ0v) is 13.9. The van der Waals surface area contributed by atoms with E-state index in [9.17, 15) is 4.79 Å². The van der Waals surface area contributed by atoms with Crippen LogP contribution in [0.3, 0.4) is 0 Å². The zero-order valence-electron chi connectivity index (χ0n) is 13.1. The molecule has 22 heavy (non-hydrogen) atoms. The number of hydrogen-bond acceptors (Lipinski definition) is 4. The topological polar surface area (TPSA) is 56.8 Å². The minimum atomic E-state index is -0.190. The lowest BCUT2D eigenvalue weighted by molar-refractivity contribution is 0.0665. The minimum absolute atomic E-state index is 0.00173. The molecule has 1 fully saturated rings. The van der Waals surface area contributed by atoms with Crippen LogP contribution in [0, 0.1) is 0 Å². The van der Waals surface area contributed by atoms with Crippen molar-refractivity contribution < 1.29 is 19.0 Å². The summed E-state index contributed by atoms with van der Waals surface area (Å²) < 4.78 is 16.1. The highest BCUT2D eigenvalue weighted by Crippen LogP contribution is 2.36. The molecule has 6 heteroatoms. The normalized spacial score (nSPS) is 18.8. The van der Waals surface area contributed by atoms with E-state index in [0.717, 1.165) is 25.9 Å². The second-order valence-electron chi connectivity index (χ2n) is 5.23. The van der Waals surface area contributed by atoms with Gasteiger partial charge in [-0.05, 0) is 31.4 Å². The van der Waals surface area contributed by atoms with Gasteiger partial charge in [0.1, 0.15) is 0 Å². The van der Waals surface area contributed by atoms with Crippen LogP contribution in [0.25, 0.3) is 0 Å². The molecule has 0 spiro atoms. The van der Waals surface area contributed by atoms with Gasteiger partial charge in [-0.1, -0.05) is 18.5 Å². The van der Waals surface area contributed by atoms with Crippen LogP contribution in [0.5, 0.6) is 11.5 Å². The first-order valence-electron chi connectivity index (χ1n) is 7.44. The first kappa shape index (κ1) is 16.9. The molecule has 2 rings (SSSR count). The molecule has 0 bridgehead atoms. The van der Waals surface area contributed by atoms with E-state index < -0.39 is 0 Å². The smallest absolute Gasteiger partial charge is 0.251 e. The maximum atomic E-state index is 12.5. The van der Waals surface area contributed by atoms with Crippen LogP contribution in [0.4, 0.5) is 0 Å². The molecule has 0 aromatic heterocycles. The van der Waals surface area contributed by atoms with Crippen LogP contribution in [-0.2, 0) is 4.74 Å². The van der Waals surface area contributed by atoms with Crippen LogP contribution in [0.1, 0.15) is 36.5 Å². The Bertz CT molecular complexity index is 529. The monoisotopic (exact) mass is 327 g/mol. The highest BCUT2D eigenvalue weighted by molar-refractivity contribution is 6.32. The first-order chi connectivity index (χ1) is 10.6. The van der Waals surface area contributed by atoms with Crippen molar-refractivity contribution in [3.05, 3.63) is 22.7 Å². The molecule has 2 atom stereocenters. The summed E-state index contributed by atoms with van der Waals surface area (Å²) in [5.41, 5.74) is 0.444. The molecule has 0 aliphatic carbocycles. The number of carbonyl (C=O) groups is 1. The Balaban J connectivity index is 2.16. The van der Waals surface area contributed by atoms with Crippen LogP contribution in [0.15, 0.2) is 12.1 Å². The minimum Gasteiger partial charge on any atom is -0.493 e. The van der Waals surface area contributed by atoms with Crippen molar-refractivity contribution in [2.75, 3.05) is 20.8 Å². The molecule has 2 unspecified atom stereocenters. The predicted octanol–water partition coefficient (Wildman–Crippen LogP) is 3.04. The molecule has 1 saturated heterocycles. The molecule has 1 aliphatic rings. The molecule has 1 aromatic rings. The predicted molar refractivity (Wildman–Crippen MR) is 85.1 cm³/mol. The molecule has 0 radical (unpaired) electrons. The highest BCUT2D eigenvalue weighted by Gasteiger charge is 2.26. The van der Waals surface area contributed by atoms with Crippen LogP contribution < -0.4 is 14.8 Å². The SMILES string of the molecule is CCC(NC(=O)c1cc(Cl)c(OC)c(OC)c1)C1CCCO1. The van der Waals surface area contributed by atoms with Crippen LogP contribution in [0.2, 0.25) is 5.02 Å². The Kier molecular flexibility index (Phi) is 5.91.